The summed E-state index contributed by atoms with van der Waals surface area (Å²) < 4.78 is 10.4. The van der Waals surface area contributed by atoms with Crippen molar-refractivity contribution in [2.24, 2.45) is 0 Å². The SMILES string of the molecule is CCOC(=O)c1c(C)[nH]c(C(=O)OCc2csc(-c3ccc(C)cc3)n2)c1C. The van der Waals surface area contributed by atoms with Crippen LogP contribution in [0, 0.1) is 20.8 Å². The normalized spacial score (nSPS) is 10.7. The summed E-state index contributed by atoms with van der Waals surface area (Å²) in [5, 5.41) is 2.75. The van der Waals surface area contributed by atoms with Crippen molar-refractivity contribution < 1.29 is 19.1 Å². The first-order valence-corrected chi connectivity index (χ1v) is 9.83. The summed E-state index contributed by atoms with van der Waals surface area (Å²) in [6.45, 7) is 7.54. The van der Waals surface area contributed by atoms with Crippen molar-refractivity contribution in [1.82, 2.24) is 9.97 Å². The predicted octanol–water partition coefficient (Wildman–Crippen LogP) is 4.60. The third kappa shape index (κ3) is 4.14. The molecule has 0 fully saturated rings. The van der Waals surface area contributed by atoms with Crippen LogP contribution in [0.4, 0.5) is 0 Å². The average molecular weight is 398 g/mol. The lowest BCUT2D eigenvalue weighted by atomic mass is 10.1. The number of aromatic amines is 1. The van der Waals surface area contributed by atoms with Crippen LogP contribution in [0.2, 0.25) is 0 Å². The summed E-state index contributed by atoms with van der Waals surface area (Å²) in [5.74, 6) is -0.976. The standard InChI is InChI=1S/C21H22N2O4S/c1-5-26-20(24)17-13(3)18(22-14(17)4)21(25)27-10-16-11-28-19(23-16)15-8-6-12(2)7-9-15/h6-9,11,22H,5,10H2,1-4H3. The van der Waals surface area contributed by atoms with Gasteiger partial charge in [0.25, 0.3) is 0 Å². The molecule has 0 unspecified atom stereocenters. The highest BCUT2D eigenvalue weighted by Crippen LogP contribution is 2.25. The first kappa shape index (κ1) is 19.8. The Labute approximate surface area is 167 Å². The zero-order valence-corrected chi connectivity index (χ0v) is 17.1. The van der Waals surface area contributed by atoms with E-state index in [1.165, 1.54) is 16.9 Å². The Morgan fingerprint density at radius 2 is 1.79 bits per heavy atom. The Morgan fingerprint density at radius 1 is 1.07 bits per heavy atom. The number of rotatable bonds is 6. The van der Waals surface area contributed by atoms with E-state index in [0.717, 1.165) is 10.6 Å². The molecule has 1 N–H and O–H groups in total. The van der Waals surface area contributed by atoms with Crippen molar-refractivity contribution in [3.8, 4) is 10.6 Å². The molecule has 3 aromatic rings. The fourth-order valence-electron chi connectivity index (χ4n) is 2.88. The average Bonchev–Trinajstić information content (AvgIpc) is 3.25. The molecule has 0 amide bonds. The van der Waals surface area contributed by atoms with Crippen molar-refractivity contribution in [3.05, 3.63) is 63.4 Å². The molecule has 0 aliphatic rings. The quantitative estimate of drug-likeness (QED) is 0.614. The first-order chi connectivity index (χ1) is 13.4. The van der Waals surface area contributed by atoms with Gasteiger partial charge in [-0.2, -0.15) is 0 Å². The van der Waals surface area contributed by atoms with Gasteiger partial charge in [-0.15, -0.1) is 11.3 Å². The van der Waals surface area contributed by atoms with Crippen LogP contribution in [0.1, 0.15) is 50.3 Å². The van der Waals surface area contributed by atoms with Crippen molar-refractivity contribution in [3.63, 3.8) is 0 Å². The van der Waals surface area contributed by atoms with E-state index in [1.54, 1.807) is 20.8 Å². The second-order valence-electron chi connectivity index (χ2n) is 6.43. The molecule has 7 heteroatoms. The van der Waals surface area contributed by atoms with Gasteiger partial charge < -0.3 is 14.5 Å². The number of benzene rings is 1. The predicted molar refractivity (Wildman–Crippen MR) is 108 cm³/mol. The molecule has 0 spiro atoms. The lowest BCUT2D eigenvalue weighted by Gasteiger charge is -2.04. The fraction of sp³-hybridized carbons (Fsp3) is 0.286. The van der Waals surface area contributed by atoms with Crippen LogP contribution in [0.3, 0.4) is 0 Å². The molecule has 6 nitrogen and oxygen atoms in total. The van der Waals surface area contributed by atoms with Gasteiger partial charge in [-0.05, 0) is 33.3 Å². The van der Waals surface area contributed by atoms with E-state index in [0.29, 0.717) is 22.5 Å². The number of hydrogen-bond donors (Lipinski definition) is 1. The van der Waals surface area contributed by atoms with Crippen LogP contribution in [0.5, 0.6) is 0 Å². The summed E-state index contributed by atoms with van der Waals surface area (Å²) in [5.41, 5.74) is 4.65. The van der Waals surface area contributed by atoms with Gasteiger partial charge >= 0.3 is 11.9 Å². The maximum Gasteiger partial charge on any atom is 0.355 e. The molecule has 3 rings (SSSR count). The molecular formula is C21H22N2O4S. The highest BCUT2D eigenvalue weighted by molar-refractivity contribution is 7.13. The second kappa shape index (κ2) is 8.39. The number of carbonyl (C=O) groups excluding carboxylic acids is 2. The number of aromatic nitrogens is 2. The monoisotopic (exact) mass is 398 g/mol. The zero-order valence-electron chi connectivity index (χ0n) is 16.3. The number of nitrogens with one attached hydrogen (secondary N) is 1. The molecule has 146 valence electrons. The van der Waals surface area contributed by atoms with E-state index in [-0.39, 0.29) is 18.9 Å². The maximum absolute atomic E-state index is 12.5. The number of carbonyl (C=O) groups is 2. The molecule has 1 aromatic carbocycles. The lowest BCUT2D eigenvalue weighted by Crippen LogP contribution is -2.09. The van der Waals surface area contributed by atoms with Gasteiger partial charge in [-0.3, -0.25) is 0 Å². The van der Waals surface area contributed by atoms with Gasteiger partial charge in [0.05, 0.1) is 17.9 Å². The molecule has 0 aliphatic carbocycles. The molecule has 0 radical (unpaired) electrons. The van der Waals surface area contributed by atoms with E-state index in [2.05, 4.69) is 9.97 Å². The summed E-state index contributed by atoms with van der Waals surface area (Å²) in [6, 6.07) is 8.11. The Balaban J connectivity index is 1.69. The van der Waals surface area contributed by atoms with Crippen molar-refractivity contribution in [2.45, 2.75) is 34.3 Å². The number of aryl methyl sites for hydroxylation is 2. The Morgan fingerprint density at radius 3 is 2.46 bits per heavy atom. The third-order valence-corrected chi connectivity index (χ3v) is 5.26. The molecule has 2 aromatic heterocycles. The number of ether oxygens (including phenoxy) is 2. The molecule has 0 bridgehead atoms. The van der Waals surface area contributed by atoms with Crippen LogP contribution >= 0.6 is 11.3 Å². The van der Waals surface area contributed by atoms with Gasteiger partial charge in [0.15, 0.2) is 0 Å². The van der Waals surface area contributed by atoms with Gasteiger partial charge in [0.1, 0.15) is 17.3 Å². The zero-order chi connectivity index (χ0) is 20.3. The Bertz CT molecular complexity index is 1000. The third-order valence-electron chi connectivity index (χ3n) is 4.32. The van der Waals surface area contributed by atoms with E-state index in [1.807, 2.05) is 36.6 Å². The van der Waals surface area contributed by atoms with Crippen LogP contribution in [0.15, 0.2) is 29.6 Å². The van der Waals surface area contributed by atoms with Crippen LogP contribution in [0.25, 0.3) is 10.6 Å². The largest absolute Gasteiger partial charge is 0.462 e. The van der Waals surface area contributed by atoms with E-state index >= 15 is 0 Å². The van der Waals surface area contributed by atoms with Gasteiger partial charge in [-0.25, -0.2) is 14.6 Å². The highest BCUT2D eigenvalue weighted by Gasteiger charge is 2.23. The molecular weight excluding hydrogens is 376 g/mol. The molecule has 0 saturated heterocycles. The maximum atomic E-state index is 12.5. The minimum absolute atomic E-state index is 0.0629. The van der Waals surface area contributed by atoms with Gasteiger partial charge in [0, 0.05) is 16.6 Å². The molecule has 0 aliphatic heterocycles. The highest BCUT2D eigenvalue weighted by atomic mass is 32.1. The fourth-order valence-corrected chi connectivity index (χ4v) is 3.69. The number of thiazole rings is 1. The number of hydrogen-bond acceptors (Lipinski definition) is 6. The topological polar surface area (TPSA) is 81.3 Å². The number of nitrogens with zero attached hydrogens (tertiary/aromatic N) is 1. The molecule has 0 atom stereocenters. The molecule has 2 heterocycles. The first-order valence-electron chi connectivity index (χ1n) is 8.95. The van der Waals surface area contributed by atoms with Gasteiger partial charge in [-0.1, -0.05) is 29.8 Å². The van der Waals surface area contributed by atoms with Crippen LogP contribution in [-0.2, 0) is 16.1 Å². The minimum atomic E-state index is -0.527. The van der Waals surface area contributed by atoms with E-state index < -0.39 is 11.9 Å². The lowest BCUT2D eigenvalue weighted by molar-refractivity contribution is 0.0461. The van der Waals surface area contributed by atoms with Crippen LogP contribution in [-0.4, -0.2) is 28.5 Å². The van der Waals surface area contributed by atoms with Crippen molar-refractivity contribution in [1.29, 1.82) is 0 Å². The van der Waals surface area contributed by atoms with Crippen molar-refractivity contribution >= 4 is 23.3 Å². The number of H-pyrrole nitrogens is 1. The van der Waals surface area contributed by atoms with Crippen LogP contribution < -0.4 is 0 Å². The molecule has 28 heavy (non-hydrogen) atoms. The second-order valence-corrected chi connectivity index (χ2v) is 7.29. The summed E-state index contributed by atoms with van der Waals surface area (Å²) in [4.78, 5) is 32.0. The smallest absolute Gasteiger partial charge is 0.355 e. The summed E-state index contributed by atoms with van der Waals surface area (Å²) in [7, 11) is 0. The summed E-state index contributed by atoms with van der Waals surface area (Å²) in [6.07, 6.45) is 0. The van der Waals surface area contributed by atoms with Gasteiger partial charge in [0.2, 0.25) is 0 Å². The molecule has 0 saturated carbocycles. The Hall–Kier alpha value is -2.93. The number of esters is 2. The van der Waals surface area contributed by atoms with E-state index in [9.17, 15) is 9.59 Å². The Kier molecular flexibility index (Phi) is 5.94. The van der Waals surface area contributed by atoms with E-state index in [4.69, 9.17) is 9.47 Å². The van der Waals surface area contributed by atoms with Crippen molar-refractivity contribution in [2.75, 3.05) is 6.61 Å². The summed E-state index contributed by atoms with van der Waals surface area (Å²) >= 11 is 1.50. The minimum Gasteiger partial charge on any atom is -0.462 e.